The quantitative estimate of drug-likeness (QED) is 0.173. The van der Waals surface area contributed by atoms with Crippen molar-refractivity contribution in [2.24, 2.45) is 4.99 Å². The Kier molecular flexibility index (Phi) is 13.4. The summed E-state index contributed by atoms with van der Waals surface area (Å²) in [4.78, 5) is 7.28. The van der Waals surface area contributed by atoms with Crippen LogP contribution in [0.1, 0.15) is 31.4 Å². The maximum atomic E-state index is 11.1. The topological polar surface area (TPSA) is 92.3 Å². The number of benzene rings is 1. The van der Waals surface area contributed by atoms with Gasteiger partial charge in [-0.15, -0.1) is 24.0 Å². The number of halogens is 1. The van der Waals surface area contributed by atoms with E-state index in [1.165, 1.54) is 19.1 Å². The monoisotopic (exact) mass is 568 g/mol. The number of hydrogen-bond donors (Lipinski definition) is 2. The molecule has 0 aromatic heterocycles. The highest BCUT2D eigenvalue weighted by molar-refractivity contribution is 14.0. The molecule has 1 atom stereocenters. The molecule has 0 amide bonds. The Balaban J connectivity index is 0.00000480. The summed E-state index contributed by atoms with van der Waals surface area (Å²) >= 11 is 0. The molecule has 1 unspecified atom stereocenters. The zero-order chi connectivity index (χ0) is 21.8. The van der Waals surface area contributed by atoms with Crippen LogP contribution in [-0.4, -0.2) is 84.3 Å². The second kappa shape index (κ2) is 14.9. The maximum absolute atomic E-state index is 11.1. The van der Waals surface area contributed by atoms with Crippen LogP contribution in [0, 0.1) is 0 Å². The third kappa shape index (κ3) is 10.4. The van der Waals surface area contributed by atoms with Crippen molar-refractivity contribution in [1.29, 1.82) is 0 Å². The summed E-state index contributed by atoms with van der Waals surface area (Å²) < 4.78 is 33.3. The number of sulfone groups is 1. The number of guanidine groups is 1. The van der Waals surface area contributed by atoms with Crippen LogP contribution < -0.4 is 15.4 Å². The molecule has 31 heavy (non-hydrogen) atoms. The number of aliphatic imine (C=N–C) groups is 1. The second-order valence-electron chi connectivity index (χ2n) is 7.39. The normalized spacial score (nSPS) is 15.9. The van der Waals surface area contributed by atoms with Gasteiger partial charge in [-0.05, 0) is 38.9 Å². The average Bonchev–Trinajstić information content (AvgIpc) is 3.24. The number of likely N-dealkylation sites (tertiary alicyclic amines) is 1. The number of nitrogens with one attached hydrogen (secondary N) is 2. The Bertz CT molecular complexity index is 770. The molecule has 2 N–H and O–H groups in total. The van der Waals surface area contributed by atoms with Gasteiger partial charge in [-0.2, -0.15) is 0 Å². The zero-order valence-corrected chi connectivity index (χ0v) is 21.9. The van der Waals surface area contributed by atoms with Gasteiger partial charge in [-0.25, -0.2) is 8.42 Å². The van der Waals surface area contributed by atoms with Crippen molar-refractivity contribution in [1.82, 2.24) is 15.5 Å². The van der Waals surface area contributed by atoms with E-state index in [0.717, 1.165) is 36.9 Å². The standard InChI is InChI=1S/C21H36N4O4S.HI/c1-4-22-21(23-11-14-29-15-16-30(3,26)27)24-17-19(25-12-7-8-13-25)18-9-5-6-10-20(18)28-2;/h5-6,9-10,19H,4,7-8,11-17H2,1-3H3,(H2,22,23,24);1H. The van der Waals surface area contributed by atoms with Crippen molar-refractivity contribution < 1.29 is 17.9 Å². The molecule has 2 rings (SSSR count). The summed E-state index contributed by atoms with van der Waals surface area (Å²) in [5, 5.41) is 6.52. The van der Waals surface area contributed by atoms with E-state index in [-0.39, 0.29) is 42.4 Å². The third-order valence-electron chi connectivity index (χ3n) is 4.98. The molecule has 0 aliphatic carbocycles. The molecule has 1 aromatic rings. The van der Waals surface area contributed by atoms with E-state index >= 15 is 0 Å². The Morgan fingerprint density at radius 3 is 2.55 bits per heavy atom. The van der Waals surface area contributed by atoms with Gasteiger partial charge in [0.05, 0.1) is 38.7 Å². The van der Waals surface area contributed by atoms with E-state index in [4.69, 9.17) is 14.5 Å². The predicted molar refractivity (Wildman–Crippen MR) is 136 cm³/mol. The van der Waals surface area contributed by atoms with E-state index in [0.29, 0.717) is 19.7 Å². The first-order valence-electron chi connectivity index (χ1n) is 10.6. The van der Waals surface area contributed by atoms with Gasteiger partial charge in [0.1, 0.15) is 15.6 Å². The molecule has 1 saturated heterocycles. The van der Waals surface area contributed by atoms with E-state index in [9.17, 15) is 8.42 Å². The molecule has 0 saturated carbocycles. The van der Waals surface area contributed by atoms with Crippen LogP contribution in [-0.2, 0) is 14.6 Å². The lowest BCUT2D eigenvalue weighted by atomic mass is 10.0. The van der Waals surface area contributed by atoms with E-state index in [2.05, 4.69) is 21.6 Å². The molecule has 10 heteroatoms. The SMILES string of the molecule is CCNC(=NCC(c1ccccc1OC)N1CCCC1)NCCOCCS(C)(=O)=O.I. The number of ether oxygens (including phenoxy) is 2. The predicted octanol–water partition coefficient (Wildman–Crippen LogP) is 2.07. The van der Waals surface area contributed by atoms with Crippen LogP contribution >= 0.6 is 24.0 Å². The van der Waals surface area contributed by atoms with Gasteiger partial charge in [-0.3, -0.25) is 9.89 Å². The van der Waals surface area contributed by atoms with Gasteiger partial charge < -0.3 is 20.1 Å². The Labute approximate surface area is 204 Å². The van der Waals surface area contributed by atoms with Crippen molar-refractivity contribution in [2.45, 2.75) is 25.8 Å². The van der Waals surface area contributed by atoms with Gasteiger partial charge >= 0.3 is 0 Å². The second-order valence-corrected chi connectivity index (χ2v) is 9.65. The third-order valence-corrected chi connectivity index (χ3v) is 5.89. The Hall–Kier alpha value is -1.11. The molecular formula is C21H37IN4O4S. The molecule has 8 nitrogen and oxygen atoms in total. The van der Waals surface area contributed by atoms with Crippen LogP contribution in [0.2, 0.25) is 0 Å². The minimum absolute atomic E-state index is 0. The maximum Gasteiger partial charge on any atom is 0.191 e. The molecule has 1 aliphatic heterocycles. The Morgan fingerprint density at radius 2 is 1.90 bits per heavy atom. The summed E-state index contributed by atoms with van der Waals surface area (Å²) in [5.41, 5.74) is 1.16. The summed E-state index contributed by atoms with van der Waals surface area (Å²) in [6.07, 6.45) is 3.63. The number of rotatable bonds is 12. The largest absolute Gasteiger partial charge is 0.496 e. The summed E-state index contributed by atoms with van der Waals surface area (Å²) in [6, 6.07) is 8.31. The highest BCUT2D eigenvalue weighted by atomic mass is 127. The fraction of sp³-hybridized carbons (Fsp3) is 0.667. The lowest BCUT2D eigenvalue weighted by molar-refractivity contribution is 0.154. The number of methoxy groups -OCH3 is 1. The van der Waals surface area contributed by atoms with Gasteiger partial charge in [0.15, 0.2) is 5.96 Å². The van der Waals surface area contributed by atoms with Crippen molar-refractivity contribution >= 4 is 39.8 Å². The van der Waals surface area contributed by atoms with E-state index < -0.39 is 9.84 Å². The van der Waals surface area contributed by atoms with Crippen LogP contribution in [0.15, 0.2) is 29.3 Å². The van der Waals surface area contributed by atoms with Crippen LogP contribution in [0.4, 0.5) is 0 Å². The molecule has 1 aromatic carbocycles. The lowest BCUT2D eigenvalue weighted by Gasteiger charge is -2.28. The molecule has 0 bridgehead atoms. The minimum atomic E-state index is -2.99. The molecule has 1 heterocycles. The van der Waals surface area contributed by atoms with Crippen molar-refractivity contribution in [3.8, 4) is 5.75 Å². The summed E-state index contributed by atoms with van der Waals surface area (Å²) in [7, 11) is -1.28. The van der Waals surface area contributed by atoms with Crippen LogP contribution in [0.25, 0.3) is 0 Å². The van der Waals surface area contributed by atoms with Gasteiger partial charge in [0, 0.05) is 24.9 Å². The minimum Gasteiger partial charge on any atom is -0.496 e. The lowest BCUT2D eigenvalue weighted by Crippen LogP contribution is -2.40. The number of para-hydroxylation sites is 1. The zero-order valence-electron chi connectivity index (χ0n) is 18.8. The van der Waals surface area contributed by atoms with Gasteiger partial charge in [0.25, 0.3) is 0 Å². The van der Waals surface area contributed by atoms with Crippen LogP contribution in [0.5, 0.6) is 5.75 Å². The van der Waals surface area contributed by atoms with Crippen LogP contribution in [0.3, 0.4) is 0 Å². The first-order valence-corrected chi connectivity index (χ1v) is 12.6. The number of nitrogens with zero attached hydrogens (tertiary/aromatic N) is 2. The summed E-state index contributed by atoms with van der Waals surface area (Å²) in [6.45, 7) is 6.71. The fourth-order valence-electron chi connectivity index (χ4n) is 3.48. The van der Waals surface area contributed by atoms with E-state index in [1.54, 1.807) is 7.11 Å². The van der Waals surface area contributed by atoms with Crippen molar-refractivity contribution in [3.63, 3.8) is 0 Å². The Morgan fingerprint density at radius 1 is 1.19 bits per heavy atom. The molecule has 1 fully saturated rings. The van der Waals surface area contributed by atoms with Crippen molar-refractivity contribution in [2.75, 3.05) is 65.1 Å². The first-order chi connectivity index (χ1) is 14.4. The average molecular weight is 569 g/mol. The number of hydrogen-bond acceptors (Lipinski definition) is 6. The van der Waals surface area contributed by atoms with Gasteiger partial charge in [0.2, 0.25) is 0 Å². The molecule has 178 valence electrons. The van der Waals surface area contributed by atoms with Gasteiger partial charge in [-0.1, -0.05) is 18.2 Å². The molecular weight excluding hydrogens is 531 g/mol. The highest BCUT2D eigenvalue weighted by Crippen LogP contribution is 2.31. The van der Waals surface area contributed by atoms with E-state index in [1.807, 2.05) is 25.1 Å². The highest BCUT2D eigenvalue weighted by Gasteiger charge is 2.25. The summed E-state index contributed by atoms with van der Waals surface area (Å²) in [5.74, 6) is 1.66. The molecule has 1 aliphatic rings. The first kappa shape index (κ1) is 27.9. The van der Waals surface area contributed by atoms with Crippen molar-refractivity contribution in [3.05, 3.63) is 29.8 Å². The molecule has 0 radical (unpaired) electrons. The fourth-order valence-corrected chi connectivity index (χ4v) is 3.90. The smallest absolute Gasteiger partial charge is 0.191 e. The molecule has 0 spiro atoms.